The molecule has 20 heavy (non-hydrogen) atoms. The topological polar surface area (TPSA) is 64.6 Å². The molecule has 0 saturated heterocycles. The van der Waals surface area contributed by atoms with Gasteiger partial charge in [0.25, 0.3) is 0 Å². The molecule has 1 N–H and O–H groups in total. The van der Waals surface area contributed by atoms with Crippen LogP contribution in [0.25, 0.3) is 0 Å². The van der Waals surface area contributed by atoms with Crippen LogP contribution in [0.3, 0.4) is 0 Å². The van der Waals surface area contributed by atoms with Crippen molar-refractivity contribution in [1.29, 1.82) is 0 Å². The molecular formula is C13H17Cl2NO4. The number of carbonyl (C=O) groups is 2. The highest BCUT2D eigenvalue weighted by Gasteiger charge is 2.14. The van der Waals surface area contributed by atoms with E-state index >= 15 is 0 Å². The molecule has 0 fully saturated rings. The predicted octanol–water partition coefficient (Wildman–Crippen LogP) is 2.46. The number of ether oxygens (including phenoxy) is 2. The van der Waals surface area contributed by atoms with E-state index in [4.69, 9.17) is 21.1 Å². The number of halogens is 2. The predicted molar refractivity (Wildman–Crippen MR) is 78.8 cm³/mol. The fraction of sp³-hybridized carbons (Fsp3) is 0.385. The Kier molecular flexibility index (Phi) is 8.22. The quantitative estimate of drug-likeness (QED) is 0.512. The molecule has 5 nitrogen and oxygen atoms in total. The van der Waals surface area contributed by atoms with Gasteiger partial charge >= 0.3 is 11.9 Å². The monoisotopic (exact) mass is 321 g/mol. The second kappa shape index (κ2) is 8.79. The summed E-state index contributed by atoms with van der Waals surface area (Å²) in [5.41, 5.74) is 0.767. The number of rotatable bonds is 5. The largest absolute Gasteiger partial charge is 0.423 e. The summed E-state index contributed by atoms with van der Waals surface area (Å²) in [6.45, 7) is 3.11. The molecule has 1 rings (SSSR count). The maximum absolute atomic E-state index is 11.0. The zero-order valence-electron chi connectivity index (χ0n) is 11.4. The second-order valence-corrected chi connectivity index (χ2v) is 4.45. The summed E-state index contributed by atoms with van der Waals surface area (Å²) in [6.07, 6.45) is 0. The summed E-state index contributed by atoms with van der Waals surface area (Å²) >= 11 is 6.16. The molecule has 0 aliphatic rings. The second-order valence-electron chi connectivity index (χ2n) is 3.92. The number of alkyl halides is 1. The highest BCUT2D eigenvalue weighted by Crippen LogP contribution is 2.32. The van der Waals surface area contributed by atoms with Crippen molar-refractivity contribution in [2.75, 3.05) is 13.6 Å². The number of nitrogens with one attached hydrogen (secondary N) is 1. The Labute approximate surface area is 129 Å². The Hall–Kier alpha value is -1.30. The number of likely N-dealkylation sites (N-methyl/N-ethyl adjacent to an activating group) is 1. The lowest BCUT2D eigenvalue weighted by Crippen LogP contribution is -2.14. The van der Waals surface area contributed by atoms with Crippen molar-refractivity contribution < 1.29 is 19.1 Å². The van der Waals surface area contributed by atoms with Crippen molar-refractivity contribution >= 4 is 35.9 Å². The zero-order chi connectivity index (χ0) is 14.4. The van der Waals surface area contributed by atoms with Crippen LogP contribution in [-0.2, 0) is 9.59 Å². The summed E-state index contributed by atoms with van der Waals surface area (Å²) in [7, 11) is 1.79. The Morgan fingerprint density at radius 1 is 1.20 bits per heavy atom. The first-order valence-electron chi connectivity index (χ1n) is 5.73. The Balaban J connectivity index is 0.00000361. The minimum Gasteiger partial charge on any atom is -0.423 e. The molecule has 0 radical (unpaired) electrons. The first-order chi connectivity index (χ1) is 8.93. The summed E-state index contributed by atoms with van der Waals surface area (Å²) in [5, 5.41) is 2.68. The summed E-state index contributed by atoms with van der Waals surface area (Å²) in [5.74, 6) is -0.606. The van der Waals surface area contributed by atoms with Gasteiger partial charge < -0.3 is 14.8 Å². The lowest BCUT2D eigenvalue weighted by atomic mass is 10.1. The van der Waals surface area contributed by atoms with E-state index in [-0.39, 0.29) is 29.3 Å². The van der Waals surface area contributed by atoms with E-state index in [1.807, 2.05) is 0 Å². The molecule has 1 aromatic rings. The van der Waals surface area contributed by atoms with E-state index in [0.717, 1.165) is 5.56 Å². The average Bonchev–Trinajstić information content (AvgIpc) is 2.30. The van der Waals surface area contributed by atoms with Crippen molar-refractivity contribution in [3.8, 4) is 11.5 Å². The Bertz CT molecular complexity index is 479. The van der Waals surface area contributed by atoms with Gasteiger partial charge in [0.05, 0.1) is 5.38 Å². The van der Waals surface area contributed by atoms with Crippen LogP contribution in [0.5, 0.6) is 11.5 Å². The lowest BCUT2D eigenvalue weighted by molar-refractivity contribution is -0.134. The van der Waals surface area contributed by atoms with Crippen LogP contribution in [0.1, 0.15) is 24.8 Å². The lowest BCUT2D eigenvalue weighted by Gasteiger charge is -2.13. The fourth-order valence-electron chi connectivity index (χ4n) is 1.49. The van der Waals surface area contributed by atoms with Crippen LogP contribution in [-0.4, -0.2) is 25.5 Å². The minimum absolute atomic E-state index is 0. The van der Waals surface area contributed by atoms with Crippen LogP contribution in [0, 0.1) is 0 Å². The van der Waals surface area contributed by atoms with Crippen LogP contribution < -0.4 is 14.8 Å². The summed E-state index contributed by atoms with van der Waals surface area (Å²) in [4.78, 5) is 22.0. The van der Waals surface area contributed by atoms with Gasteiger partial charge in [-0.2, -0.15) is 0 Å². The van der Waals surface area contributed by atoms with Gasteiger partial charge in [-0.3, -0.25) is 9.59 Å². The number of esters is 2. The molecule has 1 atom stereocenters. The molecule has 112 valence electrons. The number of benzene rings is 1. The van der Waals surface area contributed by atoms with E-state index in [1.54, 1.807) is 25.2 Å². The number of hydrogen-bond acceptors (Lipinski definition) is 5. The molecular weight excluding hydrogens is 305 g/mol. The number of hydrogen-bond donors (Lipinski definition) is 1. The summed E-state index contributed by atoms with van der Waals surface area (Å²) < 4.78 is 9.99. The van der Waals surface area contributed by atoms with Crippen LogP contribution >= 0.6 is 24.0 Å². The molecule has 7 heteroatoms. The van der Waals surface area contributed by atoms with Crippen molar-refractivity contribution in [2.45, 2.75) is 19.2 Å². The minimum atomic E-state index is -0.495. The van der Waals surface area contributed by atoms with E-state index in [1.165, 1.54) is 13.8 Å². The first kappa shape index (κ1) is 18.7. The van der Waals surface area contributed by atoms with Crippen LogP contribution in [0.15, 0.2) is 18.2 Å². The molecule has 0 aromatic heterocycles. The zero-order valence-corrected chi connectivity index (χ0v) is 13.0. The third-order valence-corrected chi connectivity index (χ3v) is 2.63. The van der Waals surface area contributed by atoms with Crippen LogP contribution in [0.2, 0.25) is 0 Å². The third-order valence-electron chi connectivity index (χ3n) is 2.22. The van der Waals surface area contributed by atoms with E-state index in [2.05, 4.69) is 5.32 Å². The molecule has 0 aliphatic heterocycles. The Morgan fingerprint density at radius 3 is 2.25 bits per heavy atom. The maximum Gasteiger partial charge on any atom is 0.308 e. The molecule has 0 aliphatic carbocycles. The Morgan fingerprint density at radius 2 is 1.75 bits per heavy atom. The van der Waals surface area contributed by atoms with Gasteiger partial charge in [-0.15, -0.1) is 24.0 Å². The molecule has 0 spiro atoms. The highest BCUT2D eigenvalue weighted by atomic mass is 35.5. The first-order valence-corrected chi connectivity index (χ1v) is 6.17. The SMILES string of the molecule is CNCC(Cl)c1ccc(OC(C)=O)c(OC(C)=O)c1.Cl. The van der Waals surface area contributed by atoms with E-state index in [9.17, 15) is 9.59 Å². The smallest absolute Gasteiger partial charge is 0.308 e. The standard InChI is InChI=1S/C13H16ClNO4.ClH/c1-8(16)18-12-5-4-10(11(14)7-15-3)6-13(12)19-9(2)17;/h4-6,11,15H,7H2,1-3H3;1H. The molecule has 0 heterocycles. The van der Waals surface area contributed by atoms with Gasteiger partial charge in [-0.1, -0.05) is 6.07 Å². The van der Waals surface area contributed by atoms with Crippen molar-refractivity contribution in [3.63, 3.8) is 0 Å². The van der Waals surface area contributed by atoms with E-state index in [0.29, 0.717) is 6.54 Å². The van der Waals surface area contributed by atoms with Gasteiger partial charge in [0, 0.05) is 20.4 Å². The van der Waals surface area contributed by atoms with Crippen molar-refractivity contribution in [2.24, 2.45) is 0 Å². The van der Waals surface area contributed by atoms with Gasteiger partial charge in [0.2, 0.25) is 0 Å². The number of carbonyl (C=O) groups excluding carboxylic acids is 2. The molecule has 1 unspecified atom stereocenters. The highest BCUT2D eigenvalue weighted by molar-refractivity contribution is 6.21. The van der Waals surface area contributed by atoms with Crippen LogP contribution in [0.4, 0.5) is 0 Å². The van der Waals surface area contributed by atoms with Crippen molar-refractivity contribution in [1.82, 2.24) is 5.32 Å². The fourth-order valence-corrected chi connectivity index (χ4v) is 1.78. The normalized spacial score (nSPS) is 11.2. The van der Waals surface area contributed by atoms with Gasteiger partial charge in [-0.25, -0.2) is 0 Å². The molecule has 0 saturated carbocycles. The summed E-state index contributed by atoms with van der Waals surface area (Å²) in [6, 6.07) is 4.87. The van der Waals surface area contributed by atoms with E-state index < -0.39 is 11.9 Å². The molecule has 1 aromatic carbocycles. The maximum atomic E-state index is 11.0. The van der Waals surface area contributed by atoms with Gasteiger partial charge in [0.1, 0.15) is 0 Å². The van der Waals surface area contributed by atoms with Gasteiger partial charge in [0.15, 0.2) is 11.5 Å². The molecule has 0 amide bonds. The molecule has 0 bridgehead atoms. The third kappa shape index (κ3) is 5.77. The average molecular weight is 322 g/mol. The van der Waals surface area contributed by atoms with Crippen molar-refractivity contribution in [3.05, 3.63) is 23.8 Å². The van der Waals surface area contributed by atoms with Gasteiger partial charge in [-0.05, 0) is 24.7 Å².